The van der Waals surface area contributed by atoms with Crippen molar-refractivity contribution in [3.63, 3.8) is 0 Å². The molecule has 1 aliphatic heterocycles. The van der Waals surface area contributed by atoms with Crippen molar-refractivity contribution in [2.24, 2.45) is 5.73 Å². The standard InChI is InChI=1S/C9H15N3/c1-7(10)9-6-8-4-2-3-5-12(8)11-9/h6-7H,2-5,10H2,1H3/t7-/m1/s1. The van der Waals surface area contributed by atoms with Crippen LogP contribution in [-0.4, -0.2) is 9.78 Å². The molecule has 0 bridgehead atoms. The van der Waals surface area contributed by atoms with Crippen molar-refractivity contribution < 1.29 is 0 Å². The van der Waals surface area contributed by atoms with Crippen molar-refractivity contribution in [3.05, 3.63) is 17.5 Å². The van der Waals surface area contributed by atoms with E-state index in [4.69, 9.17) is 5.73 Å². The lowest BCUT2D eigenvalue weighted by atomic mass is 10.1. The molecule has 0 unspecified atom stereocenters. The molecule has 12 heavy (non-hydrogen) atoms. The third-order valence-corrected chi connectivity index (χ3v) is 2.40. The van der Waals surface area contributed by atoms with Gasteiger partial charge in [0.1, 0.15) is 0 Å². The number of nitrogens with two attached hydrogens (primary N) is 1. The Morgan fingerprint density at radius 3 is 3.08 bits per heavy atom. The van der Waals surface area contributed by atoms with Crippen LogP contribution < -0.4 is 5.73 Å². The van der Waals surface area contributed by atoms with Crippen LogP contribution in [0.4, 0.5) is 0 Å². The molecule has 1 atom stereocenters. The van der Waals surface area contributed by atoms with Crippen LogP contribution in [0.1, 0.15) is 37.2 Å². The van der Waals surface area contributed by atoms with Gasteiger partial charge in [-0.1, -0.05) is 0 Å². The molecule has 2 heterocycles. The predicted molar refractivity (Wildman–Crippen MR) is 47.8 cm³/mol. The van der Waals surface area contributed by atoms with Gasteiger partial charge in [0.15, 0.2) is 0 Å². The van der Waals surface area contributed by atoms with Crippen LogP contribution in [0, 0.1) is 0 Å². The molecular formula is C9H15N3. The molecule has 66 valence electrons. The van der Waals surface area contributed by atoms with Crippen LogP contribution in [0.2, 0.25) is 0 Å². The van der Waals surface area contributed by atoms with Gasteiger partial charge >= 0.3 is 0 Å². The SMILES string of the molecule is C[C@@H](N)c1cc2n(n1)CCCC2. The monoisotopic (exact) mass is 165 g/mol. The summed E-state index contributed by atoms with van der Waals surface area (Å²) in [7, 11) is 0. The molecule has 0 amide bonds. The molecule has 0 saturated carbocycles. The number of aryl methyl sites for hydroxylation is 2. The van der Waals surface area contributed by atoms with E-state index >= 15 is 0 Å². The normalized spacial score (nSPS) is 18.8. The van der Waals surface area contributed by atoms with E-state index in [1.54, 1.807) is 0 Å². The minimum atomic E-state index is 0.0723. The van der Waals surface area contributed by atoms with Crippen molar-refractivity contribution in [2.75, 3.05) is 0 Å². The highest BCUT2D eigenvalue weighted by atomic mass is 15.3. The largest absolute Gasteiger partial charge is 0.323 e. The second kappa shape index (κ2) is 2.90. The van der Waals surface area contributed by atoms with Gasteiger partial charge in [-0.2, -0.15) is 5.10 Å². The highest BCUT2D eigenvalue weighted by Gasteiger charge is 2.13. The fourth-order valence-corrected chi connectivity index (χ4v) is 1.66. The smallest absolute Gasteiger partial charge is 0.0791 e. The molecule has 1 aromatic heterocycles. The fourth-order valence-electron chi connectivity index (χ4n) is 1.66. The van der Waals surface area contributed by atoms with Gasteiger partial charge in [0, 0.05) is 18.3 Å². The Bertz CT molecular complexity index is 252. The summed E-state index contributed by atoms with van der Waals surface area (Å²) < 4.78 is 2.10. The van der Waals surface area contributed by atoms with Crippen LogP contribution in [-0.2, 0) is 13.0 Å². The lowest BCUT2D eigenvalue weighted by Crippen LogP contribution is -2.11. The fraction of sp³-hybridized carbons (Fsp3) is 0.667. The van der Waals surface area contributed by atoms with Gasteiger partial charge in [-0.15, -0.1) is 0 Å². The van der Waals surface area contributed by atoms with Crippen LogP contribution in [0.15, 0.2) is 6.07 Å². The van der Waals surface area contributed by atoms with E-state index in [0.29, 0.717) is 0 Å². The van der Waals surface area contributed by atoms with E-state index in [2.05, 4.69) is 15.8 Å². The first-order valence-corrected chi connectivity index (χ1v) is 4.59. The highest BCUT2D eigenvalue weighted by Crippen LogP contribution is 2.17. The molecule has 3 heteroatoms. The van der Waals surface area contributed by atoms with E-state index in [0.717, 1.165) is 12.2 Å². The van der Waals surface area contributed by atoms with Crippen molar-refractivity contribution in [1.82, 2.24) is 9.78 Å². The van der Waals surface area contributed by atoms with Gasteiger partial charge in [0.2, 0.25) is 0 Å². The third-order valence-electron chi connectivity index (χ3n) is 2.40. The molecule has 2 rings (SSSR count). The minimum absolute atomic E-state index is 0.0723. The second-order valence-electron chi connectivity index (χ2n) is 3.53. The summed E-state index contributed by atoms with van der Waals surface area (Å²) in [5, 5.41) is 4.44. The number of fused-ring (bicyclic) bond motifs is 1. The molecule has 0 fully saturated rings. The van der Waals surface area contributed by atoms with E-state index < -0.39 is 0 Å². The maximum absolute atomic E-state index is 5.75. The average Bonchev–Trinajstić information content (AvgIpc) is 2.46. The summed E-state index contributed by atoms with van der Waals surface area (Å²) in [6, 6.07) is 2.22. The molecule has 3 nitrogen and oxygen atoms in total. The zero-order valence-electron chi connectivity index (χ0n) is 7.45. The van der Waals surface area contributed by atoms with Gasteiger partial charge in [0.25, 0.3) is 0 Å². The first-order chi connectivity index (χ1) is 5.77. The Morgan fingerprint density at radius 1 is 1.58 bits per heavy atom. The lowest BCUT2D eigenvalue weighted by Gasteiger charge is -2.11. The molecule has 0 spiro atoms. The highest BCUT2D eigenvalue weighted by molar-refractivity contribution is 5.14. The molecule has 1 aliphatic rings. The first kappa shape index (κ1) is 7.80. The van der Waals surface area contributed by atoms with Crippen LogP contribution >= 0.6 is 0 Å². The summed E-state index contributed by atoms with van der Waals surface area (Å²) in [5.74, 6) is 0. The van der Waals surface area contributed by atoms with Gasteiger partial charge in [-0.05, 0) is 32.3 Å². The van der Waals surface area contributed by atoms with E-state index in [-0.39, 0.29) is 6.04 Å². The summed E-state index contributed by atoms with van der Waals surface area (Å²) in [6.45, 7) is 3.05. The summed E-state index contributed by atoms with van der Waals surface area (Å²) in [5.41, 5.74) is 8.14. The molecule has 1 aromatic rings. The van der Waals surface area contributed by atoms with Gasteiger partial charge in [-0.25, -0.2) is 0 Å². The molecule has 0 saturated heterocycles. The Morgan fingerprint density at radius 2 is 2.42 bits per heavy atom. The van der Waals surface area contributed by atoms with Crippen molar-refractivity contribution >= 4 is 0 Å². The molecular weight excluding hydrogens is 150 g/mol. The Labute approximate surface area is 72.6 Å². The zero-order chi connectivity index (χ0) is 8.55. The second-order valence-corrected chi connectivity index (χ2v) is 3.53. The van der Waals surface area contributed by atoms with Crippen LogP contribution in [0.3, 0.4) is 0 Å². The Hall–Kier alpha value is -0.830. The number of hydrogen-bond acceptors (Lipinski definition) is 2. The van der Waals surface area contributed by atoms with E-state index in [1.165, 1.54) is 25.0 Å². The predicted octanol–water partition coefficient (Wildman–Crippen LogP) is 1.24. The molecule has 0 aromatic carbocycles. The average molecular weight is 165 g/mol. The maximum Gasteiger partial charge on any atom is 0.0791 e. The van der Waals surface area contributed by atoms with Gasteiger partial charge < -0.3 is 5.73 Å². The molecule has 2 N–H and O–H groups in total. The lowest BCUT2D eigenvalue weighted by molar-refractivity contribution is 0.481. The van der Waals surface area contributed by atoms with Crippen molar-refractivity contribution in [3.8, 4) is 0 Å². The summed E-state index contributed by atoms with van der Waals surface area (Å²) in [4.78, 5) is 0. The Kier molecular flexibility index (Phi) is 1.89. The molecule has 0 aliphatic carbocycles. The van der Waals surface area contributed by atoms with Crippen molar-refractivity contribution in [1.29, 1.82) is 0 Å². The minimum Gasteiger partial charge on any atom is -0.323 e. The maximum atomic E-state index is 5.75. The number of aromatic nitrogens is 2. The molecule has 0 radical (unpaired) electrons. The van der Waals surface area contributed by atoms with Crippen LogP contribution in [0.5, 0.6) is 0 Å². The van der Waals surface area contributed by atoms with Gasteiger partial charge in [0.05, 0.1) is 5.69 Å². The van der Waals surface area contributed by atoms with Crippen LogP contribution in [0.25, 0.3) is 0 Å². The Balaban J connectivity index is 2.32. The van der Waals surface area contributed by atoms with Crippen molar-refractivity contribution in [2.45, 2.75) is 38.8 Å². The van der Waals surface area contributed by atoms with E-state index in [9.17, 15) is 0 Å². The number of hydrogen-bond donors (Lipinski definition) is 1. The number of rotatable bonds is 1. The summed E-state index contributed by atoms with van der Waals surface area (Å²) >= 11 is 0. The van der Waals surface area contributed by atoms with Gasteiger partial charge in [-0.3, -0.25) is 4.68 Å². The summed E-state index contributed by atoms with van der Waals surface area (Å²) in [6.07, 6.45) is 3.72. The third kappa shape index (κ3) is 1.25. The first-order valence-electron chi connectivity index (χ1n) is 4.59. The quantitative estimate of drug-likeness (QED) is 0.680. The van der Waals surface area contributed by atoms with E-state index in [1.807, 2.05) is 6.92 Å². The number of nitrogens with zero attached hydrogens (tertiary/aromatic N) is 2. The zero-order valence-corrected chi connectivity index (χ0v) is 7.45. The topological polar surface area (TPSA) is 43.8 Å².